The van der Waals surface area contributed by atoms with E-state index in [0.717, 1.165) is 5.06 Å². The molecular formula is C7H12N4O4. The van der Waals surface area contributed by atoms with Gasteiger partial charge in [-0.15, -0.1) is 0 Å². The van der Waals surface area contributed by atoms with Crippen LogP contribution in [0.1, 0.15) is 0 Å². The van der Waals surface area contributed by atoms with Crippen LogP contribution in [-0.2, 0) is 9.57 Å². The number of carbonyl (C=O) groups excluding carboxylic acids is 2. The molecule has 0 aromatic carbocycles. The molecule has 2 atom stereocenters. The molecule has 0 spiro atoms. The van der Waals surface area contributed by atoms with Gasteiger partial charge in [0.2, 0.25) is 0 Å². The molecule has 84 valence electrons. The van der Waals surface area contributed by atoms with Crippen LogP contribution in [0.3, 0.4) is 0 Å². The zero-order valence-electron chi connectivity index (χ0n) is 8.15. The SMILES string of the molecule is COCCON1C(=O)NC2NC(=O)NC21. The monoisotopic (exact) mass is 216 g/mol. The lowest BCUT2D eigenvalue weighted by Crippen LogP contribution is -2.43. The summed E-state index contributed by atoms with van der Waals surface area (Å²) in [6, 6.07) is -0.709. The van der Waals surface area contributed by atoms with Crippen LogP contribution in [0.25, 0.3) is 0 Å². The predicted molar refractivity (Wildman–Crippen MR) is 47.4 cm³/mol. The molecule has 15 heavy (non-hydrogen) atoms. The molecule has 8 heteroatoms. The molecule has 0 radical (unpaired) electrons. The number of fused-ring (bicyclic) bond motifs is 1. The van der Waals surface area contributed by atoms with E-state index in [1.165, 1.54) is 7.11 Å². The maximum Gasteiger partial charge on any atom is 0.345 e. The Morgan fingerprint density at radius 3 is 2.80 bits per heavy atom. The van der Waals surface area contributed by atoms with Gasteiger partial charge in [0.1, 0.15) is 6.17 Å². The van der Waals surface area contributed by atoms with Crippen molar-refractivity contribution in [1.29, 1.82) is 0 Å². The molecule has 0 aliphatic carbocycles. The number of methoxy groups -OCH3 is 1. The molecule has 3 N–H and O–H groups in total. The molecule has 2 rings (SSSR count). The third-order valence-electron chi connectivity index (χ3n) is 2.13. The molecule has 0 bridgehead atoms. The van der Waals surface area contributed by atoms with E-state index >= 15 is 0 Å². The minimum atomic E-state index is -0.498. The normalized spacial score (nSPS) is 28.5. The Labute approximate surface area is 85.8 Å². The molecule has 2 heterocycles. The van der Waals surface area contributed by atoms with Crippen molar-refractivity contribution in [2.45, 2.75) is 12.3 Å². The largest absolute Gasteiger partial charge is 0.382 e. The van der Waals surface area contributed by atoms with Gasteiger partial charge in [0, 0.05) is 7.11 Å². The second-order valence-electron chi connectivity index (χ2n) is 3.14. The smallest absolute Gasteiger partial charge is 0.345 e. The van der Waals surface area contributed by atoms with Crippen molar-refractivity contribution in [3.05, 3.63) is 0 Å². The van der Waals surface area contributed by atoms with Crippen LogP contribution in [0.4, 0.5) is 9.59 Å². The number of ether oxygens (including phenoxy) is 1. The number of amides is 4. The fraction of sp³-hybridized carbons (Fsp3) is 0.714. The molecule has 2 aliphatic heterocycles. The van der Waals surface area contributed by atoms with Crippen molar-refractivity contribution in [3.63, 3.8) is 0 Å². The quantitative estimate of drug-likeness (QED) is 0.501. The van der Waals surface area contributed by atoms with Gasteiger partial charge in [0.05, 0.1) is 13.2 Å². The van der Waals surface area contributed by atoms with E-state index in [2.05, 4.69) is 16.0 Å². The van der Waals surface area contributed by atoms with Crippen LogP contribution >= 0.6 is 0 Å². The minimum absolute atomic E-state index is 0.253. The van der Waals surface area contributed by atoms with E-state index in [0.29, 0.717) is 6.61 Å². The predicted octanol–water partition coefficient (Wildman–Crippen LogP) is -1.45. The number of hydrogen-bond acceptors (Lipinski definition) is 4. The van der Waals surface area contributed by atoms with Gasteiger partial charge in [0.15, 0.2) is 6.17 Å². The Morgan fingerprint density at radius 2 is 2.07 bits per heavy atom. The first-order valence-electron chi connectivity index (χ1n) is 4.51. The number of hydrogen-bond donors (Lipinski definition) is 3. The molecule has 0 saturated carbocycles. The third kappa shape index (κ3) is 1.81. The summed E-state index contributed by atoms with van der Waals surface area (Å²) < 4.78 is 4.78. The van der Waals surface area contributed by atoms with Gasteiger partial charge in [-0.25, -0.2) is 9.59 Å². The lowest BCUT2D eigenvalue weighted by atomic mass is 10.4. The maximum atomic E-state index is 11.3. The molecule has 2 unspecified atom stereocenters. The molecule has 2 fully saturated rings. The van der Waals surface area contributed by atoms with E-state index in [9.17, 15) is 9.59 Å². The zero-order chi connectivity index (χ0) is 10.8. The van der Waals surface area contributed by atoms with Gasteiger partial charge in [-0.2, -0.15) is 5.06 Å². The second-order valence-corrected chi connectivity index (χ2v) is 3.14. The molecule has 4 amide bonds. The summed E-state index contributed by atoms with van der Waals surface area (Å²) in [5.74, 6) is 0. The standard InChI is InChI=1S/C7H12N4O4/c1-14-2-3-15-11-5-4(9-7(11)13)8-6(12)10-5/h4-5H,2-3H2,1H3,(H,9,13)(H2,8,10,12). The maximum absolute atomic E-state index is 11.3. The van der Waals surface area contributed by atoms with Gasteiger partial charge in [-0.05, 0) is 0 Å². The molecule has 0 aromatic heterocycles. The Hall–Kier alpha value is -1.54. The summed E-state index contributed by atoms with van der Waals surface area (Å²) in [6.45, 7) is 0.631. The Bertz CT molecular complexity index is 284. The summed E-state index contributed by atoms with van der Waals surface area (Å²) in [6.07, 6.45) is -0.936. The van der Waals surface area contributed by atoms with Crippen LogP contribution in [0, 0.1) is 0 Å². The average molecular weight is 216 g/mol. The number of urea groups is 2. The highest BCUT2D eigenvalue weighted by atomic mass is 16.7. The van der Waals surface area contributed by atoms with Crippen LogP contribution in [0.5, 0.6) is 0 Å². The number of carbonyl (C=O) groups is 2. The number of nitrogens with one attached hydrogen (secondary N) is 3. The molecule has 2 aliphatic rings. The van der Waals surface area contributed by atoms with Crippen LogP contribution in [0.2, 0.25) is 0 Å². The molecule has 0 aromatic rings. The van der Waals surface area contributed by atoms with E-state index in [-0.39, 0.29) is 18.7 Å². The first-order chi connectivity index (χ1) is 7.22. The van der Waals surface area contributed by atoms with Gasteiger partial charge >= 0.3 is 12.1 Å². The average Bonchev–Trinajstić information content (AvgIpc) is 2.65. The molecule has 2 saturated heterocycles. The fourth-order valence-corrected chi connectivity index (χ4v) is 1.47. The number of rotatable bonds is 4. The summed E-state index contributed by atoms with van der Waals surface area (Å²) in [5, 5.41) is 8.73. The van der Waals surface area contributed by atoms with Crippen LogP contribution in [0.15, 0.2) is 0 Å². The van der Waals surface area contributed by atoms with E-state index in [4.69, 9.17) is 9.57 Å². The highest BCUT2D eigenvalue weighted by Crippen LogP contribution is 2.13. The van der Waals surface area contributed by atoms with Crippen LogP contribution < -0.4 is 16.0 Å². The summed E-state index contributed by atoms with van der Waals surface area (Å²) in [5.41, 5.74) is 0. The van der Waals surface area contributed by atoms with Crippen molar-refractivity contribution in [2.24, 2.45) is 0 Å². The van der Waals surface area contributed by atoms with E-state index in [1.807, 2.05) is 0 Å². The zero-order valence-corrected chi connectivity index (χ0v) is 8.15. The Morgan fingerprint density at radius 1 is 1.27 bits per heavy atom. The molecular weight excluding hydrogens is 204 g/mol. The summed E-state index contributed by atoms with van der Waals surface area (Å²) in [4.78, 5) is 27.5. The van der Waals surface area contributed by atoms with Gasteiger partial charge in [-0.3, -0.25) is 4.84 Å². The van der Waals surface area contributed by atoms with E-state index < -0.39 is 12.3 Å². The Kier molecular flexibility index (Phi) is 2.60. The first kappa shape index (κ1) is 9.99. The van der Waals surface area contributed by atoms with E-state index in [1.54, 1.807) is 0 Å². The number of hydroxylamine groups is 2. The summed E-state index contributed by atoms with van der Waals surface area (Å²) in [7, 11) is 1.54. The third-order valence-corrected chi connectivity index (χ3v) is 2.13. The highest BCUT2D eigenvalue weighted by Gasteiger charge is 2.46. The van der Waals surface area contributed by atoms with Crippen molar-refractivity contribution in [1.82, 2.24) is 21.0 Å². The van der Waals surface area contributed by atoms with Crippen molar-refractivity contribution >= 4 is 12.1 Å². The van der Waals surface area contributed by atoms with Crippen molar-refractivity contribution in [3.8, 4) is 0 Å². The number of nitrogens with zero attached hydrogens (tertiary/aromatic N) is 1. The second kappa shape index (κ2) is 3.91. The van der Waals surface area contributed by atoms with Gasteiger partial charge in [-0.1, -0.05) is 0 Å². The first-order valence-corrected chi connectivity index (χ1v) is 4.51. The Balaban J connectivity index is 1.92. The van der Waals surface area contributed by atoms with Gasteiger partial charge in [0.25, 0.3) is 0 Å². The lowest BCUT2D eigenvalue weighted by molar-refractivity contribution is -0.144. The molecule has 8 nitrogen and oxygen atoms in total. The topological polar surface area (TPSA) is 91.9 Å². The lowest BCUT2D eigenvalue weighted by Gasteiger charge is -2.19. The van der Waals surface area contributed by atoms with Gasteiger partial charge < -0.3 is 20.7 Å². The van der Waals surface area contributed by atoms with Crippen molar-refractivity contribution in [2.75, 3.05) is 20.3 Å². The highest BCUT2D eigenvalue weighted by molar-refractivity contribution is 5.84. The fourth-order valence-electron chi connectivity index (χ4n) is 1.47. The van der Waals surface area contributed by atoms with Crippen LogP contribution in [-0.4, -0.2) is 49.8 Å². The summed E-state index contributed by atoms with van der Waals surface area (Å²) >= 11 is 0. The minimum Gasteiger partial charge on any atom is -0.382 e. The van der Waals surface area contributed by atoms with Crippen molar-refractivity contribution < 1.29 is 19.2 Å².